The molecule has 0 radical (unpaired) electrons. The van der Waals surface area contributed by atoms with Crippen molar-refractivity contribution in [3.05, 3.63) is 63.4 Å². The van der Waals surface area contributed by atoms with Crippen LogP contribution >= 0.6 is 15.9 Å². The van der Waals surface area contributed by atoms with Crippen LogP contribution in [0.5, 0.6) is 0 Å². The molecule has 2 aromatic carbocycles. The van der Waals surface area contributed by atoms with Gasteiger partial charge in [-0.15, -0.1) is 0 Å². The fourth-order valence-electron chi connectivity index (χ4n) is 1.81. The molecule has 0 saturated heterocycles. The molecule has 0 aliphatic heterocycles. The Morgan fingerprint density at radius 1 is 1.15 bits per heavy atom. The second-order valence-electron chi connectivity index (χ2n) is 4.48. The molecule has 5 heteroatoms. The lowest BCUT2D eigenvalue weighted by Gasteiger charge is -2.11. The van der Waals surface area contributed by atoms with Crippen LogP contribution in [0.3, 0.4) is 0 Å². The van der Waals surface area contributed by atoms with Gasteiger partial charge in [0.2, 0.25) is 0 Å². The lowest BCUT2D eigenvalue weighted by molar-refractivity contribution is 0.151. The van der Waals surface area contributed by atoms with Gasteiger partial charge in [0.15, 0.2) is 0 Å². The van der Waals surface area contributed by atoms with Crippen molar-refractivity contribution in [1.29, 1.82) is 0 Å². The normalized spacial score (nSPS) is 10.9. The average Bonchev–Trinajstić information content (AvgIpc) is 2.42. The molecule has 0 heterocycles. The maximum absolute atomic E-state index is 13.5. The van der Waals surface area contributed by atoms with Crippen LogP contribution in [0, 0.1) is 12.7 Å². The maximum atomic E-state index is 13.5. The predicted octanol–water partition coefficient (Wildman–Crippen LogP) is 5.45. The molecule has 2 aromatic rings. The van der Waals surface area contributed by atoms with Crippen molar-refractivity contribution in [1.82, 2.24) is 0 Å². The van der Waals surface area contributed by atoms with Gasteiger partial charge in [-0.05, 0) is 46.1 Å². The second kappa shape index (κ2) is 6.31. The first-order valence-corrected chi connectivity index (χ1v) is 6.83. The summed E-state index contributed by atoms with van der Waals surface area (Å²) in [4.78, 5) is 0. The largest absolute Gasteiger partial charge is 0.381 e. The Hall–Kier alpha value is -1.49. The van der Waals surface area contributed by atoms with Crippen molar-refractivity contribution in [2.45, 2.75) is 19.9 Å². The van der Waals surface area contributed by atoms with Crippen molar-refractivity contribution < 1.29 is 13.2 Å². The van der Waals surface area contributed by atoms with Gasteiger partial charge < -0.3 is 5.32 Å². The van der Waals surface area contributed by atoms with E-state index in [2.05, 4.69) is 21.2 Å². The number of hydrogen-bond acceptors (Lipinski definition) is 1. The highest BCUT2D eigenvalue weighted by Gasteiger charge is 2.07. The molecule has 0 saturated carbocycles. The van der Waals surface area contributed by atoms with Crippen LogP contribution in [0.2, 0.25) is 0 Å². The number of halogens is 4. The van der Waals surface area contributed by atoms with Crippen LogP contribution < -0.4 is 5.32 Å². The molecule has 2 rings (SSSR count). The van der Waals surface area contributed by atoms with E-state index in [1.165, 1.54) is 18.2 Å². The standard InChI is InChI=1S/C15H13BrF3N/c1-9-6-12(16)13(17)7-14(9)20-8-10-2-4-11(5-3-10)15(18)19/h2-7,15,20H,8H2,1H3. The molecule has 0 fully saturated rings. The van der Waals surface area contributed by atoms with Gasteiger partial charge in [-0.25, -0.2) is 13.2 Å². The highest BCUT2D eigenvalue weighted by molar-refractivity contribution is 9.10. The molecule has 106 valence electrons. The molecule has 1 nitrogen and oxygen atoms in total. The Labute approximate surface area is 123 Å². The first-order chi connectivity index (χ1) is 9.47. The van der Waals surface area contributed by atoms with Crippen molar-refractivity contribution in [2.24, 2.45) is 0 Å². The highest BCUT2D eigenvalue weighted by Crippen LogP contribution is 2.24. The zero-order valence-electron chi connectivity index (χ0n) is 10.8. The minimum Gasteiger partial charge on any atom is -0.381 e. The van der Waals surface area contributed by atoms with Crippen molar-refractivity contribution in [3.63, 3.8) is 0 Å². The Morgan fingerprint density at radius 3 is 2.40 bits per heavy atom. The summed E-state index contributed by atoms with van der Waals surface area (Å²) in [5.74, 6) is -0.342. The summed E-state index contributed by atoms with van der Waals surface area (Å²) in [6.07, 6.45) is -2.46. The molecule has 0 amide bonds. The molecule has 0 aliphatic carbocycles. The number of rotatable bonds is 4. The summed E-state index contributed by atoms with van der Waals surface area (Å²) >= 11 is 3.12. The number of hydrogen-bond donors (Lipinski definition) is 1. The molecular weight excluding hydrogens is 331 g/mol. The average molecular weight is 344 g/mol. The summed E-state index contributed by atoms with van der Waals surface area (Å²) in [7, 11) is 0. The molecular formula is C15H13BrF3N. The molecule has 0 aromatic heterocycles. The number of benzene rings is 2. The number of anilines is 1. The fourth-order valence-corrected chi connectivity index (χ4v) is 2.27. The van der Waals surface area contributed by atoms with Crippen LogP contribution in [0.1, 0.15) is 23.1 Å². The first kappa shape index (κ1) is 14.9. The minimum absolute atomic E-state index is 0.000355. The third-order valence-electron chi connectivity index (χ3n) is 2.98. The van der Waals surface area contributed by atoms with E-state index in [1.54, 1.807) is 18.2 Å². The van der Waals surface area contributed by atoms with E-state index in [4.69, 9.17) is 0 Å². The van der Waals surface area contributed by atoms with Gasteiger partial charge in [-0.1, -0.05) is 24.3 Å². The third kappa shape index (κ3) is 3.54. The quantitative estimate of drug-likeness (QED) is 0.778. The Balaban J connectivity index is 2.07. The summed E-state index contributed by atoms with van der Waals surface area (Å²) in [5, 5.41) is 3.10. The predicted molar refractivity (Wildman–Crippen MR) is 77.6 cm³/mol. The van der Waals surface area contributed by atoms with Crippen LogP contribution in [0.25, 0.3) is 0 Å². The number of nitrogens with one attached hydrogen (secondary N) is 1. The Kier molecular flexibility index (Phi) is 4.70. The zero-order chi connectivity index (χ0) is 14.7. The van der Waals surface area contributed by atoms with Gasteiger partial charge in [0, 0.05) is 17.8 Å². The van der Waals surface area contributed by atoms with E-state index in [1.807, 2.05) is 6.92 Å². The van der Waals surface area contributed by atoms with E-state index in [-0.39, 0.29) is 11.4 Å². The van der Waals surface area contributed by atoms with E-state index < -0.39 is 6.43 Å². The van der Waals surface area contributed by atoms with Gasteiger partial charge >= 0.3 is 0 Å². The van der Waals surface area contributed by atoms with Crippen molar-refractivity contribution >= 4 is 21.6 Å². The molecule has 0 aliphatic rings. The fraction of sp³-hybridized carbons (Fsp3) is 0.200. The zero-order valence-corrected chi connectivity index (χ0v) is 12.3. The van der Waals surface area contributed by atoms with Crippen LogP contribution in [0.15, 0.2) is 40.9 Å². The van der Waals surface area contributed by atoms with Gasteiger partial charge in [0.25, 0.3) is 6.43 Å². The second-order valence-corrected chi connectivity index (χ2v) is 5.33. The van der Waals surface area contributed by atoms with E-state index in [0.717, 1.165) is 11.1 Å². The summed E-state index contributed by atoms with van der Waals surface area (Å²) in [5.41, 5.74) is 2.45. The molecule has 1 N–H and O–H groups in total. The van der Waals surface area contributed by atoms with E-state index >= 15 is 0 Å². The lowest BCUT2D eigenvalue weighted by Crippen LogP contribution is -2.02. The molecule has 0 unspecified atom stereocenters. The van der Waals surface area contributed by atoms with Gasteiger partial charge in [0.05, 0.1) is 4.47 Å². The minimum atomic E-state index is -2.46. The third-order valence-corrected chi connectivity index (χ3v) is 3.59. The summed E-state index contributed by atoms with van der Waals surface area (Å²) < 4.78 is 38.7. The molecule has 20 heavy (non-hydrogen) atoms. The Morgan fingerprint density at radius 2 is 1.80 bits per heavy atom. The van der Waals surface area contributed by atoms with E-state index in [0.29, 0.717) is 16.7 Å². The highest BCUT2D eigenvalue weighted by atomic mass is 79.9. The van der Waals surface area contributed by atoms with Gasteiger partial charge in [-0.3, -0.25) is 0 Å². The van der Waals surface area contributed by atoms with Crippen LogP contribution in [-0.2, 0) is 6.54 Å². The number of aryl methyl sites for hydroxylation is 1. The number of alkyl halides is 2. The van der Waals surface area contributed by atoms with Crippen LogP contribution in [0.4, 0.5) is 18.9 Å². The maximum Gasteiger partial charge on any atom is 0.263 e. The topological polar surface area (TPSA) is 12.0 Å². The van der Waals surface area contributed by atoms with Gasteiger partial charge in [-0.2, -0.15) is 0 Å². The van der Waals surface area contributed by atoms with Crippen molar-refractivity contribution in [3.8, 4) is 0 Å². The van der Waals surface area contributed by atoms with Gasteiger partial charge in [0.1, 0.15) is 5.82 Å². The smallest absolute Gasteiger partial charge is 0.263 e. The van der Waals surface area contributed by atoms with Crippen molar-refractivity contribution in [2.75, 3.05) is 5.32 Å². The summed E-state index contributed by atoms with van der Waals surface area (Å²) in [6.45, 7) is 2.32. The summed E-state index contributed by atoms with van der Waals surface area (Å²) in [6, 6.07) is 9.18. The SMILES string of the molecule is Cc1cc(Br)c(F)cc1NCc1ccc(C(F)F)cc1. The monoisotopic (exact) mass is 343 g/mol. The first-order valence-electron chi connectivity index (χ1n) is 6.04. The Bertz CT molecular complexity index is 597. The molecule has 0 bridgehead atoms. The molecule has 0 atom stereocenters. The lowest BCUT2D eigenvalue weighted by atomic mass is 10.1. The van der Waals surface area contributed by atoms with E-state index in [9.17, 15) is 13.2 Å². The molecule has 0 spiro atoms. The van der Waals surface area contributed by atoms with Crippen LogP contribution in [-0.4, -0.2) is 0 Å².